The van der Waals surface area contributed by atoms with Crippen molar-refractivity contribution < 1.29 is 14.2 Å². The number of hydrogen-bond acceptors (Lipinski definition) is 4. The van der Waals surface area contributed by atoms with Crippen molar-refractivity contribution >= 4 is 0 Å². The van der Waals surface area contributed by atoms with E-state index in [2.05, 4.69) is 12.1 Å². The monoisotopic (exact) mass is 253 g/mol. The molecule has 0 unspecified atom stereocenters. The number of methoxy groups -OCH3 is 1. The minimum atomic E-state index is 0.598. The van der Waals surface area contributed by atoms with E-state index in [9.17, 15) is 0 Å². The fourth-order valence-corrected chi connectivity index (χ4v) is 1.64. The molecule has 0 aromatic heterocycles. The lowest BCUT2D eigenvalue weighted by Gasteiger charge is -2.09. The molecule has 2 N–H and O–H groups in total. The van der Waals surface area contributed by atoms with Crippen LogP contribution >= 0.6 is 0 Å². The van der Waals surface area contributed by atoms with Gasteiger partial charge in [-0.05, 0) is 24.1 Å². The molecule has 1 rings (SSSR count). The Morgan fingerprint density at radius 2 is 1.61 bits per heavy atom. The summed E-state index contributed by atoms with van der Waals surface area (Å²) < 4.78 is 15.8. The van der Waals surface area contributed by atoms with Crippen LogP contribution in [0, 0.1) is 0 Å². The Morgan fingerprint density at radius 3 is 2.33 bits per heavy atom. The molecule has 0 amide bonds. The van der Waals surface area contributed by atoms with Gasteiger partial charge in [0.2, 0.25) is 0 Å². The molecule has 0 fully saturated rings. The number of nitrogens with two attached hydrogens (primary N) is 1. The third kappa shape index (κ3) is 6.12. The van der Waals surface area contributed by atoms with Crippen LogP contribution < -0.4 is 5.73 Å². The zero-order valence-electron chi connectivity index (χ0n) is 11.1. The lowest BCUT2D eigenvalue weighted by molar-refractivity contribution is 0.0198. The highest BCUT2D eigenvalue weighted by molar-refractivity contribution is 5.26. The van der Waals surface area contributed by atoms with E-state index in [4.69, 9.17) is 19.9 Å². The first-order chi connectivity index (χ1) is 8.88. The number of benzene rings is 1. The van der Waals surface area contributed by atoms with Gasteiger partial charge in [0.05, 0.1) is 33.0 Å². The van der Waals surface area contributed by atoms with E-state index >= 15 is 0 Å². The second kappa shape index (κ2) is 10.0. The van der Waals surface area contributed by atoms with Gasteiger partial charge in [0.1, 0.15) is 0 Å². The molecule has 0 heterocycles. The Bertz CT molecular complexity index is 318. The van der Waals surface area contributed by atoms with Gasteiger partial charge in [0.25, 0.3) is 0 Å². The van der Waals surface area contributed by atoms with E-state index in [1.54, 1.807) is 7.11 Å². The largest absolute Gasteiger partial charge is 0.382 e. The molecule has 0 saturated carbocycles. The summed E-state index contributed by atoms with van der Waals surface area (Å²) in [5.41, 5.74) is 8.05. The van der Waals surface area contributed by atoms with E-state index in [0.717, 1.165) is 6.42 Å². The van der Waals surface area contributed by atoms with Gasteiger partial charge < -0.3 is 19.9 Å². The molecule has 0 radical (unpaired) electrons. The van der Waals surface area contributed by atoms with Crippen molar-refractivity contribution in [3.63, 3.8) is 0 Å². The van der Waals surface area contributed by atoms with Crippen LogP contribution in [0.4, 0.5) is 0 Å². The molecule has 0 aliphatic heterocycles. The molecule has 18 heavy (non-hydrogen) atoms. The molecule has 102 valence electrons. The molecule has 0 atom stereocenters. The van der Waals surface area contributed by atoms with Gasteiger partial charge in [-0.3, -0.25) is 0 Å². The highest BCUT2D eigenvalue weighted by atomic mass is 16.5. The van der Waals surface area contributed by atoms with Crippen LogP contribution in [-0.2, 0) is 27.2 Å². The average Bonchev–Trinajstić information content (AvgIpc) is 2.40. The standard InChI is InChI=1S/C14H23NO3/c1-16-8-9-17-10-11-18-12-14-5-3-2-4-13(14)6-7-15/h2-5H,6-12,15H2,1H3. The minimum absolute atomic E-state index is 0.598. The summed E-state index contributed by atoms with van der Waals surface area (Å²) in [7, 11) is 1.66. The Kier molecular flexibility index (Phi) is 8.42. The molecule has 0 aliphatic rings. The van der Waals surface area contributed by atoms with Gasteiger partial charge in [-0.15, -0.1) is 0 Å². The van der Waals surface area contributed by atoms with E-state index in [0.29, 0.717) is 39.6 Å². The van der Waals surface area contributed by atoms with Gasteiger partial charge >= 0.3 is 0 Å². The maximum atomic E-state index is 5.58. The minimum Gasteiger partial charge on any atom is -0.382 e. The van der Waals surface area contributed by atoms with Gasteiger partial charge in [0.15, 0.2) is 0 Å². The van der Waals surface area contributed by atoms with Crippen molar-refractivity contribution in [3.8, 4) is 0 Å². The van der Waals surface area contributed by atoms with Crippen LogP contribution in [0.3, 0.4) is 0 Å². The predicted molar refractivity (Wildman–Crippen MR) is 71.6 cm³/mol. The fourth-order valence-electron chi connectivity index (χ4n) is 1.64. The zero-order valence-corrected chi connectivity index (χ0v) is 11.1. The van der Waals surface area contributed by atoms with Crippen molar-refractivity contribution in [1.82, 2.24) is 0 Å². The molecular formula is C14H23NO3. The summed E-state index contributed by atoms with van der Waals surface area (Å²) in [6.45, 7) is 3.72. The van der Waals surface area contributed by atoms with Gasteiger partial charge in [-0.2, -0.15) is 0 Å². The summed E-state index contributed by atoms with van der Waals surface area (Å²) in [6, 6.07) is 8.23. The van der Waals surface area contributed by atoms with E-state index in [-0.39, 0.29) is 0 Å². The molecule has 4 nitrogen and oxygen atoms in total. The molecule has 0 spiro atoms. The molecule has 0 aliphatic carbocycles. The first-order valence-corrected chi connectivity index (χ1v) is 6.29. The van der Waals surface area contributed by atoms with Crippen molar-refractivity contribution in [2.75, 3.05) is 40.1 Å². The highest BCUT2D eigenvalue weighted by Gasteiger charge is 2.00. The Labute approximate surface area is 109 Å². The first kappa shape index (κ1) is 15.1. The summed E-state index contributed by atoms with van der Waals surface area (Å²) in [5, 5.41) is 0. The van der Waals surface area contributed by atoms with Crippen LogP contribution in [-0.4, -0.2) is 40.1 Å². The number of hydrogen-bond donors (Lipinski definition) is 1. The topological polar surface area (TPSA) is 53.7 Å². The van der Waals surface area contributed by atoms with Crippen LogP contribution in [0.25, 0.3) is 0 Å². The summed E-state index contributed by atoms with van der Waals surface area (Å²) in [5.74, 6) is 0. The van der Waals surface area contributed by atoms with Crippen LogP contribution in [0.5, 0.6) is 0 Å². The van der Waals surface area contributed by atoms with Crippen LogP contribution in [0.1, 0.15) is 11.1 Å². The summed E-state index contributed by atoms with van der Waals surface area (Å²) in [4.78, 5) is 0. The molecule has 1 aromatic rings. The van der Waals surface area contributed by atoms with E-state index in [1.807, 2.05) is 12.1 Å². The van der Waals surface area contributed by atoms with Crippen molar-refractivity contribution in [2.24, 2.45) is 5.73 Å². The second-order valence-corrected chi connectivity index (χ2v) is 3.97. The average molecular weight is 253 g/mol. The van der Waals surface area contributed by atoms with Gasteiger partial charge in [-0.25, -0.2) is 0 Å². The Morgan fingerprint density at radius 1 is 0.944 bits per heavy atom. The fraction of sp³-hybridized carbons (Fsp3) is 0.571. The third-order valence-corrected chi connectivity index (χ3v) is 2.59. The summed E-state index contributed by atoms with van der Waals surface area (Å²) >= 11 is 0. The summed E-state index contributed by atoms with van der Waals surface area (Å²) in [6.07, 6.45) is 0.893. The Balaban J connectivity index is 2.18. The van der Waals surface area contributed by atoms with Crippen LogP contribution in [0.15, 0.2) is 24.3 Å². The molecule has 0 saturated heterocycles. The van der Waals surface area contributed by atoms with Crippen molar-refractivity contribution in [2.45, 2.75) is 13.0 Å². The zero-order chi connectivity index (χ0) is 13.1. The first-order valence-electron chi connectivity index (χ1n) is 6.29. The maximum absolute atomic E-state index is 5.58. The van der Waals surface area contributed by atoms with Crippen molar-refractivity contribution in [3.05, 3.63) is 35.4 Å². The third-order valence-electron chi connectivity index (χ3n) is 2.59. The maximum Gasteiger partial charge on any atom is 0.0720 e. The van der Waals surface area contributed by atoms with E-state index < -0.39 is 0 Å². The number of rotatable bonds is 10. The lowest BCUT2D eigenvalue weighted by atomic mass is 10.1. The molecular weight excluding hydrogens is 230 g/mol. The normalized spacial score (nSPS) is 10.8. The Hall–Kier alpha value is -0.940. The van der Waals surface area contributed by atoms with E-state index in [1.165, 1.54) is 11.1 Å². The number of ether oxygens (including phenoxy) is 3. The molecule has 0 bridgehead atoms. The quantitative estimate of drug-likeness (QED) is 0.640. The highest BCUT2D eigenvalue weighted by Crippen LogP contribution is 2.10. The van der Waals surface area contributed by atoms with Gasteiger partial charge in [0, 0.05) is 7.11 Å². The molecule has 4 heteroatoms. The van der Waals surface area contributed by atoms with Crippen molar-refractivity contribution in [1.29, 1.82) is 0 Å². The SMILES string of the molecule is COCCOCCOCc1ccccc1CCN. The van der Waals surface area contributed by atoms with Crippen LogP contribution in [0.2, 0.25) is 0 Å². The van der Waals surface area contributed by atoms with Gasteiger partial charge in [-0.1, -0.05) is 24.3 Å². The predicted octanol–water partition coefficient (Wildman–Crippen LogP) is 1.37. The lowest BCUT2D eigenvalue weighted by Crippen LogP contribution is -2.10. The second-order valence-electron chi connectivity index (χ2n) is 3.97. The smallest absolute Gasteiger partial charge is 0.0720 e. The molecule has 1 aromatic carbocycles.